The summed E-state index contributed by atoms with van der Waals surface area (Å²) in [5, 5.41) is 8.66. The zero-order valence-corrected chi connectivity index (χ0v) is 9.05. The molecular formula is C11H15NO4. The second-order valence-electron chi connectivity index (χ2n) is 3.58. The summed E-state index contributed by atoms with van der Waals surface area (Å²) in [6.45, 7) is 2.06. The fourth-order valence-corrected chi connectivity index (χ4v) is 1.78. The molecule has 5 nitrogen and oxygen atoms in total. The molecule has 2 bridgehead atoms. The predicted octanol–water partition coefficient (Wildman–Crippen LogP) is 1.30. The Labute approximate surface area is 93.6 Å². The molecule has 0 fully saturated rings. The van der Waals surface area contributed by atoms with Gasteiger partial charge in [0.15, 0.2) is 0 Å². The lowest BCUT2D eigenvalue weighted by Gasteiger charge is -2.08. The van der Waals surface area contributed by atoms with Crippen LogP contribution in [0.3, 0.4) is 0 Å². The van der Waals surface area contributed by atoms with Crippen LogP contribution in [0.15, 0.2) is 23.8 Å². The molecule has 2 unspecified atom stereocenters. The molecular weight excluding hydrogens is 210 g/mol. The van der Waals surface area contributed by atoms with Crippen LogP contribution in [0, 0.1) is 11.8 Å². The summed E-state index contributed by atoms with van der Waals surface area (Å²) in [4.78, 5) is 20.1. The average molecular weight is 225 g/mol. The maximum Gasteiger partial charge on any atom is 0.404 e. The number of primary amides is 1. The van der Waals surface area contributed by atoms with Gasteiger partial charge in [0.25, 0.3) is 0 Å². The molecule has 0 saturated carbocycles. The van der Waals surface area contributed by atoms with Gasteiger partial charge in [-0.2, -0.15) is 0 Å². The molecule has 88 valence electrons. The SMILES string of the molecule is CCOC(N)=O.O=C(O)C1C=C2C=CC1C2. The van der Waals surface area contributed by atoms with Crippen LogP contribution in [-0.2, 0) is 9.53 Å². The van der Waals surface area contributed by atoms with Gasteiger partial charge in [-0.3, -0.25) is 4.79 Å². The van der Waals surface area contributed by atoms with Gasteiger partial charge in [-0.15, -0.1) is 0 Å². The maximum atomic E-state index is 10.5. The number of allylic oxidation sites excluding steroid dienone is 3. The number of rotatable bonds is 2. The van der Waals surface area contributed by atoms with Crippen molar-refractivity contribution in [1.29, 1.82) is 0 Å². The van der Waals surface area contributed by atoms with E-state index in [0.717, 1.165) is 6.42 Å². The fourth-order valence-electron chi connectivity index (χ4n) is 1.78. The molecule has 0 aromatic carbocycles. The first kappa shape index (κ1) is 12.3. The van der Waals surface area contributed by atoms with Crippen molar-refractivity contribution in [3.05, 3.63) is 23.8 Å². The van der Waals surface area contributed by atoms with Crippen molar-refractivity contribution in [2.24, 2.45) is 17.6 Å². The third kappa shape index (κ3) is 3.12. The summed E-state index contributed by atoms with van der Waals surface area (Å²) in [5.74, 6) is -0.670. The van der Waals surface area contributed by atoms with Crippen LogP contribution in [-0.4, -0.2) is 23.8 Å². The van der Waals surface area contributed by atoms with Gasteiger partial charge in [0.05, 0.1) is 12.5 Å². The van der Waals surface area contributed by atoms with E-state index in [4.69, 9.17) is 5.11 Å². The monoisotopic (exact) mass is 225 g/mol. The summed E-state index contributed by atoms with van der Waals surface area (Å²) >= 11 is 0. The van der Waals surface area contributed by atoms with Crippen molar-refractivity contribution >= 4 is 12.1 Å². The van der Waals surface area contributed by atoms with E-state index >= 15 is 0 Å². The summed E-state index contributed by atoms with van der Waals surface area (Å²) in [7, 11) is 0. The van der Waals surface area contributed by atoms with Crippen LogP contribution in [0.5, 0.6) is 0 Å². The van der Waals surface area contributed by atoms with Crippen molar-refractivity contribution in [2.75, 3.05) is 6.61 Å². The van der Waals surface area contributed by atoms with Gasteiger partial charge in [0.1, 0.15) is 0 Å². The van der Waals surface area contributed by atoms with Gasteiger partial charge in [0, 0.05) is 0 Å². The Morgan fingerprint density at radius 1 is 1.62 bits per heavy atom. The van der Waals surface area contributed by atoms with Crippen LogP contribution < -0.4 is 5.73 Å². The lowest BCUT2D eigenvalue weighted by atomic mass is 9.97. The van der Waals surface area contributed by atoms with E-state index in [1.54, 1.807) is 6.92 Å². The molecule has 16 heavy (non-hydrogen) atoms. The van der Waals surface area contributed by atoms with Crippen molar-refractivity contribution in [2.45, 2.75) is 13.3 Å². The Morgan fingerprint density at radius 2 is 2.31 bits per heavy atom. The number of hydrogen-bond donors (Lipinski definition) is 2. The molecule has 0 spiro atoms. The second kappa shape index (κ2) is 5.34. The highest BCUT2D eigenvalue weighted by Crippen LogP contribution is 2.37. The Hall–Kier alpha value is -1.78. The van der Waals surface area contributed by atoms with E-state index in [1.807, 2.05) is 18.2 Å². The van der Waals surface area contributed by atoms with Crippen LogP contribution in [0.2, 0.25) is 0 Å². The van der Waals surface area contributed by atoms with E-state index in [9.17, 15) is 9.59 Å². The molecule has 2 aliphatic rings. The topological polar surface area (TPSA) is 89.6 Å². The highest BCUT2D eigenvalue weighted by molar-refractivity contribution is 5.75. The van der Waals surface area contributed by atoms with Gasteiger partial charge in [-0.05, 0) is 19.3 Å². The maximum absolute atomic E-state index is 10.5. The first-order chi connectivity index (χ1) is 7.54. The van der Waals surface area contributed by atoms with Gasteiger partial charge < -0.3 is 15.6 Å². The van der Waals surface area contributed by atoms with Crippen molar-refractivity contribution in [3.63, 3.8) is 0 Å². The highest BCUT2D eigenvalue weighted by atomic mass is 16.5. The molecule has 0 aromatic rings. The van der Waals surface area contributed by atoms with Gasteiger partial charge in [0.2, 0.25) is 0 Å². The molecule has 0 aromatic heterocycles. The van der Waals surface area contributed by atoms with E-state index in [2.05, 4.69) is 10.5 Å². The first-order valence-electron chi connectivity index (χ1n) is 5.08. The number of carboxylic acids is 1. The van der Waals surface area contributed by atoms with Gasteiger partial charge in [-0.25, -0.2) is 4.79 Å². The predicted molar refractivity (Wildman–Crippen MR) is 57.7 cm³/mol. The molecule has 2 atom stereocenters. The van der Waals surface area contributed by atoms with Crippen LogP contribution >= 0.6 is 0 Å². The smallest absolute Gasteiger partial charge is 0.404 e. The summed E-state index contributed by atoms with van der Waals surface area (Å²) < 4.78 is 4.18. The molecule has 0 saturated heterocycles. The van der Waals surface area contributed by atoms with Gasteiger partial charge in [-0.1, -0.05) is 23.8 Å². The molecule has 0 aliphatic heterocycles. The number of carboxylic acid groups (broad SMARTS) is 1. The fraction of sp³-hybridized carbons (Fsp3) is 0.455. The highest BCUT2D eigenvalue weighted by Gasteiger charge is 2.33. The minimum Gasteiger partial charge on any atom is -0.481 e. The number of aliphatic carboxylic acids is 1. The van der Waals surface area contributed by atoms with Crippen molar-refractivity contribution < 1.29 is 19.4 Å². The van der Waals surface area contributed by atoms with Crippen LogP contribution in [0.25, 0.3) is 0 Å². The Bertz CT molecular complexity index is 346. The lowest BCUT2D eigenvalue weighted by Crippen LogP contribution is -2.16. The Morgan fingerprint density at radius 3 is 2.50 bits per heavy atom. The third-order valence-corrected chi connectivity index (χ3v) is 2.46. The van der Waals surface area contributed by atoms with Crippen LogP contribution in [0.1, 0.15) is 13.3 Å². The molecule has 5 heteroatoms. The summed E-state index contributed by atoms with van der Waals surface area (Å²) in [5.41, 5.74) is 5.73. The number of carbonyl (C=O) groups excluding carboxylic acids is 1. The Kier molecular flexibility index (Phi) is 4.10. The zero-order valence-electron chi connectivity index (χ0n) is 9.05. The Balaban J connectivity index is 0.000000187. The number of ether oxygens (including phenoxy) is 1. The minimum absolute atomic E-state index is 0.236. The average Bonchev–Trinajstić information content (AvgIpc) is 2.78. The quantitative estimate of drug-likeness (QED) is 0.741. The normalized spacial score (nSPS) is 24.4. The largest absolute Gasteiger partial charge is 0.481 e. The first-order valence-corrected chi connectivity index (χ1v) is 5.08. The molecule has 0 heterocycles. The summed E-state index contributed by atoms with van der Waals surface area (Å²) in [6.07, 6.45) is 6.10. The number of nitrogens with two attached hydrogens (primary N) is 1. The third-order valence-electron chi connectivity index (χ3n) is 2.46. The van der Waals surface area contributed by atoms with E-state index < -0.39 is 12.1 Å². The number of carbonyl (C=O) groups is 2. The number of hydrogen-bond acceptors (Lipinski definition) is 3. The zero-order chi connectivity index (χ0) is 12.1. The molecule has 0 radical (unpaired) electrons. The van der Waals surface area contributed by atoms with E-state index in [0.29, 0.717) is 6.61 Å². The van der Waals surface area contributed by atoms with E-state index in [1.165, 1.54) is 5.57 Å². The van der Waals surface area contributed by atoms with E-state index in [-0.39, 0.29) is 11.8 Å². The molecule has 3 N–H and O–H groups in total. The summed E-state index contributed by atoms with van der Waals surface area (Å²) in [6, 6.07) is 0. The molecule has 1 amide bonds. The molecule has 2 aliphatic carbocycles. The van der Waals surface area contributed by atoms with Crippen molar-refractivity contribution in [1.82, 2.24) is 0 Å². The van der Waals surface area contributed by atoms with Crippen LogP contribution in [0.4, 0.5) is 4.79 Å². The standard InChI is InChI=1S/C8H8O2.C3H7NO2/c9-8(10)7-4-5-1-2-6(7)3-5;1-2-6-3(4)5/h1-2,4,6-7H,3H2,(H,9,10);2H2,1H3,(H2,4,5). The number of fused-ring (bicyclic) bond motifs is 2. The molecule has 2 rings (SSSR count). The van der Waals surface area contributed by atoms with Crippen molar-refractivity contribution in [3.8, 4) is 0 Å². The van der Waals surface area contributed by atoms with Gasteiger partial charge >= 0.3 is 12.1 Å². The second-order valence-corrected chi connectivity index (χ2v) is 3.58. The minimum atomic E-state index is -0.711. The number of amides is 1. The lowest BCUT2D eigenvalue weighted by molar-refractivity contribution is -0.140.